The third kappa shape index (κ3) is 3.72. The summed E-state index contributed by atoms with van der Waals surface area (Å²) in [4.78, 5) is 16.2. The van der Waals surface area contributed by atoms with E-state index in [-0.39, 0.29) is 11.7 Å². The molecule has 4 aromatic rings. The van der Waals surface area contributed by atoms with Crippen LogP contribution in [-0.4, -0.2) is 21.1 Å². The molecule has 0 atom stereocenters. The average molecular weight is 438 g/mol. The minimum atomic E-state index is -0.536. The first-order valence-corrected chi connectivity index (χ1v) is 10.7. The molecule has 0 bridgehead atoms. The zero-order chi connectivity index (χ0) is 22.5. The molecule has 4 nitrogen and oxygen atoms in total. The van der Waals surface area contributed by atoms with Gasteiger partial charge in [-0.2, -0.15) is 5.10 Å². The fourth-order valence-corrected chi connectivity index (χ4v) is 4.59. The van der Waals surface area contributed by atoms with Crippen molar-refractivity contribution < 1.29 is 9.18 Å². The molecule has 0 spiro atoms. The maximum atomic E-state index is 13.6. The number of aromatic nitrogens is 3. The molecule has 31 heavy (non-hydrogen) atoms. The molecule has 0 aliphatic heterocycles. The first kappa shape index (κ1) is 21.4. The number of rotatable bonds is 5. The van der Waals surface area contributed by atoms with Gasteiger partial charge in [0.05, 0.1) is 23.8 Å². The number of aryl methyl sites for hydroxylation is 1. The fourth-order valence-electron chi connectivity index (χ4n) is 4.19. The summed E-state index contributed by atoms with van der Waals surface area (Å²) in [6.07, 6.45) is 2.77. The Kier molecular flexibility index (Phi) is 5.34. The number of benzene rings is 2. The van der Waals surface area contributed by atoms with Crippen LogP contribution in [0.4, 0.5) is 4.39 Å². The van der Waals surface area contributed by atoms with E-state index in [4.69, 9.17) is 16.6 Å². The van der Waals surface area contributed by atoms with Crippen LogP contribution in [0.15, 0.2) is 36.5 Å². The normalized spacial score (nSPS) is 12.3. The van der Waals surface area contributed by atoms with E-state index in [1.165, 1.54) is 12.1 Å². The van der Waals surface area contributed by atoms with E-state index in [9.17, 15) is 9.18 Å². The van der Waals surface area contributed by atoms with Crippen LogP contribution in [0.1, 0.15) is 44.7 Å². The number of hydrogen-bond acceptors (Lipinski definition) is 3. The van der Waals surface area contributed by atoms with Gasteiger partial charge in [-0.05, 0) is 42.2 Å². The highest BCUT2D eigenvalue weighted by molar-refractivity contribution is 6.31. The van der Waals surface area contributed by atoms with Crippen LogP contribution in [0, 0.1) is 18.2 Å². The van der Waals surface area contributed by atoms with Gasteiger partial charge in [-0.25, -0.2) is 9.37 Å². The van der Waals surface area contributed by atoms with Crippen LogP contribution in [0.3, 0.4) is 0 Å². The Morgan fingerprint density at radius 3 is 2.52 bits per heavy atom. The SMILES string of the molecule is Cc1c2nc(Cl)c(C(C)C)c(-c3ccc(F)cc3)c2cc2cnn(CC(C)(C)C=O)c12. The van der Waals surface area contributed by atoms with Gasteiger partial charge in [0.25, 0.3) is 0 Å². The summed E-state index contributed by atoms with van der Waals surface area (Å²) in [5.41, 5.74) is 4.94. The van der Waals surface area contributed by atoms with Crippen LogP contribution < -0.4 is 0 Å². The zero-order valence-corrected chi connectivity index (χ0v) is 19.1. The van der Waals surface area contributed by atoms with Gasteiger partial charge in [-0.1, -0.05) is 51.4 Å². The average Bonchev–Trinajstić information content (AvgIpc) is 3.10. The monoisotopic (exact) mass is 437 g/mol. The van der Waals surface area contributed by atoms with E-state index in [0.29, 0.717) is 11.7 Å². The lowest BCUT2D eigenvalue weighted by atomic mass is 9.89. The Bertz CT molecular complexity index is 1310. The Morgan fingerprint density at radius 2 is 1.90 bits per heavy atom. The van der Waals surface area contributed by atoms with Gasteiger partial charge in [0.15, 0.2) is 0 Å². The molecule has 0 aliphatic rings. The van der Waals surface area contributed by atoms with Gasteiger partial charge in [0, 0.05) is 27.3 Å². The Balaban J connectivity index is 2.08. The van der Waals surface area contributed by atoms with E-state index >= 15 is 0 Å². The topological polar surface area (TPSA) is 47.8 Å². The maximum absolute atomic E-state index is 13.6. The second-order valence-electron chi connectivity index (χ2n) is 9.10. The quantitative estimate of drug-likeness (QED) is 0.258. The number of fused-ring (bicyclic) bond motifs is 2. The highest BCUT2D eigenvalue weighted by Crippen LogP contribution is 2.41. The smallest absolute Gasteiger partial charge is 0.133 e. The summed E-state index contributed by atoms with van der Waals surface area (Å²) < 4.78 is 15.5. The molecule has 0 aliphatic carbocycles. The lowest BCUT2D eigenvalue weighted by Gasteiger charge is -2.20. The second kappa shape index (κ2) is 7.72. The minimum absolute atomic E-state index is 0.136. The maximum Gasteiger partial charge on any atom is 0.133 e. The number of nitrogens with zero attached hydrogens (tertiary/aromatic N) is 3. The van der Waals surface area contributed by atoms with Crippen LogP contribution in [0.25, 0.3) is 32.9 Å². The Labute approximate surface area is 186 Å². The molecular formula is C25H25ClFN3O. The van der Waals surface area contributed by atoms with Crippen molar-refractivity contribution in [1.82, 2.24) is 14.8 Å². The molecule has 0 N–H and O–H groups in total. The van der Waals surface area contributed by atoms with Crippen molar-refractivity contribution in [3.05, 3.63) is 58.6 Å². The van der Waals surface area contributed by atoms with Crippen molar-refractivity contribution in [2.24, 2.45) is 5.41 Å². The lowest BCUT2D eigenvalue weighted by molar-refractivity contribution is -0.115. The van der Waals surface area contributed by atoms with E-state index < -0.39 is 5.41 Å². The number of aldehydes is 1. The van der Waals surface area contributed by atoms with Crippen molar-refractivity contribution >= 4 is 39.7 Å². The zero-order valence-electron chi connectivity index (χ0n) is 18.3. The van der Waals surface area contributed by atoms with Crippen LogP contribution in [0.2, 0.25) is 5.15 Å². The molecule has 0 fully saturated rings. The lowest BCUT2D eigenvalue weighted by Crippen LogP contribution is -2.22. The molecule has 2 heterocycles. The summed E-state index contributed by atoms with van der Waals surface area (Å²) in [6.45, 7) is 10.4. The van der Waals surface area contributed by atoms with Gasteiger partial charge in [0.2, 0.25) is 0 Å². The second-order valence-corrected chi connectivity index (χ2v) is 9.46. The third-order valence-corrected chi connectivity index (χ3v) is 5.98. The Hall–Kier alpha value is -2.79. The van der Waals surface area contributed by atoms with E-state index in [1.807, 2.05) is 31.6 Å². The van der Waals surface area contributed by atoms with Gasteiger partial charge in [-0.15, -0.1) is 0 Å². The van der Waals surface area contributed by atoms with Crippen molar-refractivity contribution in [2.45, 2.75) is 47.1 Å². The summed E-state index contributed by atoms with van der Waals surface area (Å²) >= 11 is 6.70. The van der Waals surface area contributed by atoms with Crippen molar-refractivity contribution in [3.63, 3.8) is 0 Å². The van der Waals surface area contributed by atoms with Gasteiger partial charge in [-0.3, -0.25) is 4.68 Å². The van der Waals surface area contributed by atoms with Crippen molar-refractivity contribution in [3.8, 4) is 11.1 Å². The number of halogens is 2. The molecule has 0 radical (unpaired) electrons. The fraction of sp³-hybridized carbons (Fsp3) is 0.320. The highest BCUT2D eigenvalue weighted by atomic mass is 35.5. The molecule has 160 valence electrons. The number of carbonyl (C=O) groups excluding carboxylic acids is 1. The predicted molar refractivity (Wildman–Crippen MR) is 124 cm³/mol. The predicted octanol–water partition coefficient (Wildman–Crippen LogP) is 6.70. The summed E-state index contributed by atoms with van der Waals surface area (Å²) in [6, 6.07) is 8.56. The van der Waals surface area contributed by atoms with E-state index in [0.717, 1.165) is 50.3 Å². The first-order valence-electron chi connectivity index (χ1n) is 10.3. The van der Waals surface area contributed by atoms with Gasteiger partial charge < -0.3 is 4.79 Å². The number of pyridine rings is 1. The van der Waals surface area contributed by atoms with Crippen molar-refractivity contribution in [1.29, 1.82) is 0 Å². The highest BCUT2D eigenvalue weighted by Gasteiger charge is 2.23. The van der Waals surface area contributed by atoms with E-state index in [2.05, 4.69) is 25.0 Å². The number of hydrogen-bond donors (Lipinski definition) is 0. The molecule has 2 aromatic heterocycles. The summed E-state index contributed by atoms with van der Waals surface area (Å²) in [5, 5.41) is 6.93. The van der Waals surface area contributed by atoms with Crippen LogP contribution in [0.5, 0.6) is 0 Å². The third-order valence-electron chi connectivity index (χ3n) is 5.69. The van der Waals surface area contributed by atoms with Crippen molar-refractivity contribution in [2.75, 3.05) is 0 Å². The molecule has 0 unspecified atom stereocenters. The summed E-state index contributed by atoms with van der Waals surface area (Å²) in [5.74, 6) is -0.145. The molecule has 0 saturated carbocycles. The molecule has 4 rings (SSSR count). The first-order chi connectivity index (χ1) is 14.6. The standard InChI is InChI=1S/C25H25ClFN3O/c1-14(2)20-21(16-6-8-18(27)9-7-16)19-10-17-11-28-30(12-25(4,5)13-31)23(17)15(3)22(19)29-24(20)26/h6-11,13-14H,12H2,1-5H3. The Morgan fingerprint density at radius 1 is 1.23 bits per heavy atom. The number of carbonyl (C=O) groups is 1. The molecule has 0 amide bonds. The van der Waals surface area contributed by atoms with Gasteiger partial charge >= 0.3 is 0 Å². The molecule has 2 aromatic carbocycles. The molecular weight excluding hydrogens is 413 g/mol. The van der Waals surface area contributed by atoms with Crippen LogP contribution in [-0.2, 0) is 11.3 Å². The molecule has 0 saturated heterocycles. The minimum Gasteiger partial charge on any atom is -0.303 e. The van der Waals surface area contributed by atoms with Gasteiger partial charge in [0.1, 0.15) is 17.3 Å². The molecule has 6 heteroatoms. The largest absolute Gasteiger partial charge is 0.303 e. The summed E-state index contributed by atoms with van der Waals surface area (Å²) in [7, 11) is 0. The van der Waals surface area contributed by atoms with Crippen LogP contribution >= 0.6 is 11.6 Å². The van der Waals surface area contributed by atoms with E-state index in [1.54, 1.807) is 12.1 Å².